The summed E-state index contributed by atoms with van der Waals surface area (Å²) in [5.74, 6) is 0.180. The van der Waals surface area contributed by atoms with Crippen molar-refractivity contribution in [2.24, 2.45) is 4.99 Å². The number of nitrogens with one attached hydrogen (secondary N) is 2. The minimum atomic E-state index is -0.403. The Kier molecular flexibility index (Phi) is 5.68. The van der Waals surface area contributed by atoms with E-state index < -0.39 is 5.82 Å². The Bertz CT molecular complexity index is 1020. The summed E-state index contributed by atoms with van der Waals surface area (Å²) in [4.78, 5) is 4.21. The lowest BCUT2D eigenvalue weighted by molar-refractivity contribution is 0.602. The smallest absolute Gasteiger partial charge is 0.191 e. The average molecular weight is 360 g/mol. The zero-order valence-electron chi connectivity index (χ0n) is 15.3. The van der Waals surface area contributed by atoms with E-state index in [1.54, 1.807) is 19.2 Å². The minimum Gasteiger partial charge on any atom is -0.352 e. The van der Waals surface area contributed by atoms with Crippen LogP contribution in [0.5, 0.6) is 0 Å². The van der Waals surface area contributed by atoms with Crippen LogP contribution in [0.4, 0.5) is 4.39 Å². The molecule has 4 nitrogen and oxygen atoms in total. The lowest BCUT2D eigenvalue weighted by Crippen LogP contribution is -2.38. The number of nitrogens with zero attached hydrogens (tertiary/aromatic N) is 2. The van der Waals surface area contributed by atoms with Crippen molar-refractivity contribution in [2.45, 2.75) is 19.5 Å². The van der Waals surface area contributed by atoms with Crippen molar-refractivity contribution in [3.63, 3.8) is 0 Å². The Labute approximate surface area is 158 Å². The zero-order valence-corrected chi connectivity index (χ0v) is 15.3. The molecular formula is C22H21FN4. The molecule has 1 unspecified atom stereocenters. The van der Waals surface area contributed by atoms with Crippen LogP contribution in [-0.4, -0.2) is 13.0 Å². The summed E-state index contributed by atoms with van der Waals surface area (Å²) in [5.41, 5.74) is 1.93. The number of nitriles is 1. The van der Waals surface area contributed by atoms with Crippen LogP contribution in [0.25, 0.3) is 10.8 Å². The Balaban J connectivity index is 1.66. The van der Waals surface area contributed by atoms with Gasteiger partial charge >= 0.3 is 0 Å². The van der Waals surface area contributed by atoms with Crippen molar-refractivity contribution in [2.75, 3.05) is 7.05 Å². The molecule has 27 heavy (non-hydrogen) atoms. The number of rotatable bonds is 4. The maximum Gasteiger partial charge on any atom is 0.191 e. The molecular weight excluding hydrogens is 339 g/mol. The van der Waals surface area contributed by atoms with Crippen LogP contribution in [-0.2, 0) is 6.54 Å². The third-order valence-electron chi connectivity index (χ3n) is 4.48. The molecule has 0 saturated heterocycles. The van der Waals surface area contributed by atoms with Gasteiger partial charge in [0.2, 0.25) is 0 Å². The van der Waals surface area contributed by atoms with E-state index >= 15 is 0 Å². The normalized spacial score (nSPS) is 12.4. The standard InChI is InChI=1S/C22H21FN4/c1-15(18-10-9-17-5-3-4-6-19(17)12-18)27-22(25-2)26-14-20-8-7-16(13-24)11-21(20)23/h3-12,15H,14H2,1-2H3,(H2,25,26,27). The SMILES string of the molecule is CN=C(NCc1ccc(C#N)cc1F)NC(C)c1ccc2ccccc2c1. The highest BCUT2D eigenvalue weighted by molar-refractivity contribution is 5.84. The van der Waals surface area contributed by atoms with Gasteiger partial charge in [0.05, 0.1) is 17.7 Å². The second-order valence-electron chi connectivity index (χ2n) is 6.32. The van der Waals surface area contributed by atoms with E-state index in [-0.39, 0.29) is 12.6 Å². The van der Waals surface area contributed by atoms with Crippen molar-refractivity contribution in [1.29, 1.82) is 5.26 Å². The summed E-state index contributed by atoms with van der Waals surface area (Å²) >= 11 is 0. The molecule has 0 aliphatic heterocycles. The van der Waals surface area contributed by atoms with Gasteiger partial charge in [0.25, 0.3) is 0 Å². The number of benzene rings is 3. The van der Waals surface area contributed by atoms with Crippen LogP contribution >= 0.6 is 0 Å². The van der Waals surface area contributed by atoms with Crippen LogP contribution in [0.15, 0.2) is 65.7 Å². The molecule has 0 amide bonds. The van der Waals surface area contributed by atoms with E-state index in [0.717, 1.165) is 5.56 Å². The number of guanidine groups is 1. The van der Waals surface area contributed by atoms with E-state index in [0.29, 0.717) is 17.1 Å². The molecule has 0 fully saturated rings. The van der Waals surface area contributed by atoms with Crippen molar-refractivity contribution in [1.82, 2.24) is 10.6 Å². The van der Waals surface area contributed by atoms with Crippen LogP contribution in [0.3, 0.4) is 0 Å². The van der Waals surface area contributed by atoms with Gasteiger partial charge in [-0.3, -0.25) is 4.99 Å². The molecule has 3 aromatic carbocycles. The Morgan fingerprint density at radius 2 is 1.89 bits per heavy atom. The van der Waals surface area contributed by atoms with Crippen molar-refractivity contribution in [3.8, 4) is 6.07 Å². The van der Waals surface area contributed by atoms with Crippen molar-refractivity contribution >= 4 is 16.7 Å². The first kappa shape index (κ1) is 18.4. The summed E-state index contributed by atoms with van der Waals surface area (Å²) in [6.45, 7) is 2.33. The maximum absolute atomic E-state index is 14.0. The van der Waals surface area contributed by atoms with Gasteiger partial charge in [0.15, 0.2) is 5.96 Å². The van der Waals surface area contributed by atoms with E-state index in [1.165, 1.54) is 16.8 Å². The van der Waals surface area contributed by atoms with Gasteiger partial charge in [-0.15, -0.1) is 0 Å². The summed E-state index contributed by atoms with van der Waals surface area (Å²) in [7, 11) is 1.68. The van der Waals surface area contributed by atoms with E-state index in [2.05, 4.69) is 52.9 Å². The topological polar surface area (TPSA) is 60.2 Å². The average Bonchev–Trinajstić information content (AvgIpc) is 2.71. The first-order valence-corrected chi connectivity index (χ1v) is 8.75. The molecule has 0 aliphatic carbocycles. The molecule has 5 heteroatoms. The van der Waals surface area contributed by atoms with Crippen LogP contribution in [0, 0.1) is 17.1 Å². The van der Waals surface area contributed by atoms with Gasteiger partial charge < -0.3 is 10.6 Å². The predicted octanol–water partition coefficient (Wildman–Crippen LogP) is 4.28. The van der Waals surface area contributed by atoms with Gasteiger partial charge in [-0.1, -0.05) is 42.5 Å². The number of hydrogen-bond acceptors (Lipinski definition) is 2. The van der Waals surface area contributed by atoms with Crippen LogP contribution in [0.2, 0.25) is 0 Å². The quantitative estimate of drug-likeness (QED) is 0.539. The molecule has 0 aromatic heterocycles. The zero-order chi connectivity index (χ0) is 19.2. The Hall–Kier alpha value is -3.39. The number of aliphatic imine (C=N–C) groups is 1. The third-order valence-corrected chi connectivity index (χ3v) is 4.48. The largest absolute Gasteiger partial charge is 0.352 e. The highest BCUT2D eigenvalue weighted by Gasteiger charge is 2.10. The monoisotopic (exact) mass is 360 g/mol. The molecule has 136 valence electrons. The van der Waals surface area contributed by atoms with E-state index in [1.807, 2.05) is 18.2 Å². The van der Waals surface area contributed by atoms with Crippen molar-refractivity contribution < 1.29 is 4.39 Å². The summed E-state index contributed by atoms with van der Waals surface area (Å²) in [6, 6.07) is 21.0. The van der Waals surface area contributed by atoms with Gasteiger partial charge in [-0.25, -0.2) is 4.39 Å². The second kappa shape index (κ2) is 8.33. The fourth-order valence-electron chi connectivity index (χ4n) is 2.90. The van der Waals surface area contributed by atoms with Gasteiger partial charge in [-0.2, -0.15) is 5.26 Å². The first-order chi connectivity index (χ1) is 13.1. The van der Waals surface area contributed by atoms with Crippen molar-refractivity contribution in [3.05, 3.63) is 83.2 Å². The predicted molar refractivity (Wildman–Crippen MR) is 107 cm³/mol. The fraction of sp³-hybridized carbons (Fsp3) is 0.182. The Morgan fingerprint density at radius 3 is 2.59 bits per heavy atom. The fourth-order valence-corrected chi connectivity index (χ4v) is 2.90. The molecule has 2 N–H and O–H groups in total. The third kappa shape index (κ3) is 4.42. The van der Waals surface area contributed by atoms with Crippen LogP contribution < -0.4 is 10.6 Å². The second-order valence-corrected chi connectivity index (χ2v) is 6.32. The summed E-state index contributed by atoms with van der Waals surface area (Å²) < 4.78 is 14.0. The molecule has 3 aromatic rings. The minimum absolute atomic E-state index is 0.0339. The Morgan fingerprint density at radius 1 is 1.11 bits per heavy atom. The van der Waals surface area contributed by atoms with Gasteiger partial charge in [0.1, 0.15) is 5.82 Å². The highest BCUT2D eigenvalue weighted by Crippen LogP contribution is 2.20. The molecule has 1 atom stereocenters. The lowest BCUT2D eigenvalue weighted by atomic mass is 10.0. The van der Waals surface area contributed by atoms with Gasteiger partial charge in [-0.05, 0) is 41.5 Å². The van der Waals surface area contributed by atoms with E-state index in [9.17, 15) is 4.39 Å². The molecule has 0 bridgehead atoms. The first-order valence-electron chi connectivity index (χ1n) is 8.75. The van der Waals surface area contributed by atoms with Crippen LogP contribution in [0.1, 0.15) is 29.7 Å². The highest BCUT2D eigenvalue weighted by atomic mass is 19.1. The number of hydrogen-bond donors (Lipinski definition) is 2. The molecule has 0 radical (unpaired) electrons. The maximum atomic E-state index is 14.0. The molecule has 0 saturated carbocycles. The summed E-state index contributed by atoms with van der Waals surface area (Å²) in [6.07, 6.45) is 0. The molecule has 3 rings (SSSR count). The number of halogens is 1. The summed E-state index contributed by atoms with van der Waals surface area (Å²) in [5, 5.41) is 17.7. The molecule has 0 spiro atoms. The molecule has 0 heterocycles. The number of fused-ring (bicyclic) bond motifs is 1. The lowest BCUT2D eigenvalue weighted by Gasteiger charge is -2.19. The van der Waals surface area contributed by atoms with Gasteiger partial charge in [0, 0.05) is 19.2 Å². The van der Waals surface area contributed by atoms with E-state index in [4.69, 9.17) is 5.26 Å². The molecule has 0 aliphatic rings.